The van der Waals surface area contributed by atoms with Crippen molar-refractivity contribution in [2.24, 2.45) is 11.8 Å². The quantitative estimate of drug-likeness (QED) is 0.836. The molecule has 0 aromatic heterocycles. The lowest BCUT2D eigenvalue weighted by atomic mass is 9.95. The Morgan fingerprint density at radius 2 is 2.24 bits per heavy atom. The van der Waals surface area contributed by atoms with Crippen molar-refractivity contribution in [3.63, 3.8) is 0 Å². The van der Waals surface area contributed by atoms with Crippen LogP contribution in [0.4, 0.5) is 0 Å². The largest absolute Gasteiger partial charge is 0.316 e. The first kappa shape index (κ1) is 11.2. The molecule has 0 bridgehead atoms. The normalized spacial score (nSPS) is 32.9. The molecule has 3 atom stereocenters. The third-order valence-electron chi connectivity index (χ3n) is 4.52. The lowest BCUT2D eigenvalue weighted by molar-refractivity contribution is 0.231. The minimum Gasteiger partial charge on any atom is -0.316 e. The number of benzene rings is 1. The van der Waals surface area contributed by atoms with Crippen LogP contribution in [0.1, 0.15) is 18.1 Å². The Balaban J connectivity index is 1.70. The second-order valence-corrected chi connectivity index (χ2v) is 5.74. The number of aryl methyl sites for hydroxylation is 1. The van der Waals surface area contributed by atoms with Crippen molar-refractivity contribution >= 4 is 0 Å². The van der Waals surface area contributed by atoms with Crippen LogP contribution in [-0.4, -0.2) is 30.6 Å². The number of fused-ring (bicyclic) bond motifs is 1. The standard InChI is InChI=1S/C15H22N2/c1-11-4-3-5-13(6-11)9-17-10-14-7-16-8-15(14)12(17)2/h3-6,12,14-16H,7-10H2,1-2H3. The van der Waals surface area contributed by atoms with Gasteiger partial charge < -0.3 is 5.32 Å². The summed E-state index contributed by atoms with van der Waals surface area (Å²) in [7, 11) is 0. The highest BCUT2D eigenvalue weighted by Crippen LogP contribution is 2.33. The van der Waals surface area contributed by atoms with Crippen LogP contribution in [0.5, 0.6) is 0 Å². The summed E-state index contributed by atoms with van der Waals surface area (Å²) in [5.74, 6) is 1.76. The van der Waals surface area contributed by atoms with Gasteiger partial charge in [-0.3, -0.25) is 4.90 Å². The molecular formula is C15H22N2. The summed E-state index contributed by atoms with van der Waals surface area (Å²) in [4.78, 5) is 2.66. The molecule has 3 rings (SSSR count). The van der Waals surface area contributed by atoms with E-state index in [0.717, 1.165) is 24.4 Å². The molecule has 1 N–H and O–H groups in total. The third kappa shape index (κ3) is 2.12. The number of likely N-dealkylation sites (tertiary alicyclic amines) is 1. The number of nitrogens with one attached hydrogen (secondary N) is 1. The molecule has 1 aromatic rings. The molecule has 2 saturated heterocycles. The van der Waals surface area contributed by atoms with Crippen molar-refractivity contribution < 1.29 is 0 Å². The first-order valence-corrected chi connectivity index (χ1v) is 6.74. The monoisotopic (exact) mass is 230 g/mol. The van der Waals surface area contributed by atoms with E-state index < -0.39 is 0 Å². The van der Waals surface area contributed by atoms with Gasteiger partial charge in [-0.2, -0.15) is 0 Å². The summed E-state index contributed by atoms with van der Waals surface area (Å²) in [6.07, 6.45) is 0. The van der Waals surface area contributed by atoms with Crippen molar-refractivity contribution in [1.82, 2.24) is 10.2 Å². The number of nitrogens with zero attached hydrogens (tertiary/aromatic N) is 1. The van der Waals surface area contributed by atoms with Crippen molar-refractivity contribution in [2.75, 3.05) is 19.6 Å². The first-order valence-electron chi connectivity index (χ1n) is 6.74. The number of hydrogen-bond donors (Lipinski definition) is 1. The summed E-state index contributed by atoms with van der Waals surface area (Å²) in [6, 6.07) is 9.66. The fraction of sp³-hybridized carbons (Fsp3) is 0.600. The van der Waals surface area contributed by atoms with E-state index in [1.54, 1.807) is 0 Å². The van der Waals surface area contributed by atoms with E-state index in [4.69, 9.17) is 0 Å². The predicted molar refractivity (Wildman–Crippen MR) is 70.9 cm³/mol. The Bertz CT molecular complexity index is 402. The van der Waals surface area contributed by atoms with Crippen LogP contribution < -0.4 is 5.32 Å². The molecule has 0 radical (unpaired) electrons. The molecule has 2 heteroatoms. The van der Waals surface area contributed by atoms with E-state index in [1.807, 2.05) is 0 Å². The van der Waals surface area contributed by atoms with Crippen LogP contribution in [0.25, 0.3) is 0 Å². The fourth-order valence-electron chi connectivity index (χ4n) is 3.51. The molecule has 0 aliphatic carbocycles. The zero-order chi connectivity index (χ0) is 11.8. The molecule has 0 saturated carbocycles. The minimum absolute atomic E-state index is 0.732. The minimum atomic E-state index is 0.732. The highest BCUT2D eigenvalue weighted by molar-refractivity contribution is 5.22. The number of hydrogen-bond acceptors (Lipinski definition) is 2. The molecule has 92 valence electrons. The highest BCUT2D eigenvalue weighted by Gasteiger charge is 2.41. The average molecular weight is 230 g/mol. The van der Waals surface area contributed by atoms with Gasteiger partial charge >= 0.3 is 0 Å². The van der Waals surface area contributed by atoms with Gasteiger partial charge in [0, 0.05) is 19.1 Å². The van der Waals surface area contributed by atoms with Gasteiger partial charge in [0.25, 0.3) is 0 Å². The fourth-order valence-corrected chi connectivity index (χ4v) is 3.51. The van der Waals surface area contributed by atoms with E-state index in [1.165, 1.54) is 30.8 Å². The Labute approximate surface area is 104 Å². The SMILES string of the molecule is Cc1cccc(CN2CC3CNCC3C2C)c1. The van der Waals surface area contributed by atoms with Crippen molar-refractivity contribution in [3.8, 4) is 0 Å². The summed E-state index contributed by atoms with van der Waals surface area (Å²) >= 11 is 0. The predicted octanol–water partition coefficient (Wildman–Crippen LogP) is 2.03. The van der Waals surface area contributed by atoms with E-state index >= 15 is 0 Å². The van der Waals surface area contributed by atoms with Crippen LogP contribution in [0.15, 0.2) is 24.3 Å². The van der Waals surface area contributed by atoms with Gasteiger partial charge in [-0.25, -0.2) is 0 Å². The summed E-state index contributed by atoms with van der Waals surface area (Å²) in [5.41, 5.74) is 2.83. The maximum Gasteiger partial charge on any atom is 0.0236 e. The van der Waals surface area contributed by atoms with Crippen LogP contribution in [-0.2, 0) is 6.54 Å². The Morgan fingerprint density at radius 1 is 1.35 bits per heavy atom. The maximum absolute atomic E-state index is 3.52. The van der Waals surface area contributed by atoms with Gasteiger partial charge in [0.2, 0.25) is 0 Å². The molecule has 2 fully saturated rings. The smallest absolute Gasteiger partial charge is 0.0236 e. The van der Waals surface area contributed by atoms with Crippen LogP contribution >= 0.6 is 0 Å². The van der Waals surface area contributed by atoms with E-state index in [9.17, 15) is 0 Å². The summed E-state index contributed by atoms with van der Waals surface area (Å²) < 4.78 is 0. The van der Waals surface area contributed by atoms with Crippen LogP contribution in [0.2, 0.25) is 0 Å². The second kappa shape index (κ2) is 4.43. The van der Waals surface area contributed by atoms with Gasteiger partial charge in [0.1, 0.15) is 0 Å². The second-order valence-electron chi connectivity index (χ2n) is 5.74. The van der Waals surface area contributed by atoms with E-state index in [2.05, 4.69) is 48.3 Å². The highest BCUT2D eigenvalue weighted by atomic mass is 15.2. The molecule has 2 nitrogen and oxygen atoms in total. The van der Waals surface area contributed by atoms with Gasteiger partial charge in [-0.15, -0.1) is 0 Å². The lowest BCUT2D eigenvalue weighted by Crippen LogP contribution is -2.32. The van der Waals surface area contributed by atoms with Crippen molar-refractivity contribution in [3.05, 3.63) is 35.4 Å². The summed E-state index contributed by atoms with van der Waals surface area (Å²) in [6.45, 7) is 9.40. The molecule has 0 spiro atoms. The topological polar surface area (TPSA) is 15.3 Å². The molecule has 2 heterocycles. The lowest BCUT2D eigenvalue weighted by Gasteiger charge is -2.24. The zero-order valence-electron chi connectivity index (χ0n) is 10.8. The Hall–Kier alpha value is -0.860. The first-order chi connectivity index (χ1) is 8.24. The van der Waals surface area contributed by atoms with E-state index in [-0.39, 0.29) is 0 Å². The molecule has 3 unspecified atom stereocenters. The molecule has 17 heavy (non-hydrogen) atoms. The number of rotatable bonds is 2. The van der Waals surface area contributed by atoms with Gasteiger partial charge in [0.15, 0.2) is 0 Å². The summed E-state index contributed by atoms with van der Waals surface area (Å²) in [5, 5.41) is 3.52. The molecule has 1 aromatic carbocycles. The Kier molecular flexibility index (Phi) is 2.93. The van der Waals surface area contributed by atoms with Gasteiger partial charge in [0.05, 0.1) is 0 Å². The zero-order valence-corrected chi connectivity index (χ0v) is 10.8. The van der Waals surface area contributed by atoms with Gasteiger partial charge in [-0.1, -0.05) is 29.8 Å². The van der Waals surface area contributed by atoms with Crippen molar-refractivity contribution in [2.45, 2.75) is 26.4 Å². The van der Waals surface area contributed by atoms with Gasteiger partial charge in [-0.05, 0) is 44.3 Å². The van der Waals surface area contributed by atoms with Crippen LogP contribution in [0, 0.1) is 18.8 Å². The average Bonchev–Trinajstić information content (AvgIpc) is 2.84. The molecule has 2 aliphatic heterocycles. The molecular weight excluding hydrogens is 208 g/mol. The maximum atomic E-state index is 3.52. The molecule has 0 amide bonds. The third-order valence-corrected chi connectivity index (χ3v) is 4.52. The van der Waals surface area contributed by atoms with E-state index in [0.29, 0.717) is 0 Å². The van der Waals surface area contributed by atoms with Crippen LogP contribution in [0.3, 0.4) is 0 Å². The molecule has 2 aliphatic rings. The van der Waals surface area contributed by atoms with Crippen molar-refractivity contribution in [1.29, 1.82) is 0 Å². The Morgan fingerprint density at radius 3 is 3.00 bits per heavy atom.